The minimum Gasteiger partial charge on any atom is -0.469 e. The van der Waals surface area contributed by atoms with Crippen molar-refractivity contribution in [3.63, 3.8) is 0 Å². The highest BCUT2D eigenvalue weighted by atomic mass is 32.1. The van der Waals surface area contributed by atoms with E-state index in [1.54, 1.807) is 18.4 Å². The quantitative estimate of drug-likeness (QED) is 0.318. The first-order chi connectivity index (χ1) is 10.3. The molecule has 21 heavy (non-hydrogen) atoms. The van der Waals surface area contributed by atoms with Crippen LogP contribution in [0.2, 0.25) is 0 Å². The molecule has 0 aliphatic rings. The molecule has 0 aliphatic carbocycles. The Hall–Kier alpha value is -1.56. The van der Waals surface area contributed by atoms with E-state index >= 15 is 0 Å². The van der Waals surface area contributed by atoms with Crippen LogP contribution in [-0.2, 0) is 16.0 Å². The van der Waals surface area contributed by atoms with E-state index in [9.17, 15) is 4.79 Å². The minimum absolute atomic E-state index is 0.131. The van der Waals surface area contributed by atoms with Gasteiger partial charge in [-0.1, -0.05) is 12.5 Å². The predicted molar refractivity (Wildman–Crippen MR) is 87.9 cm³/mol. The maximum absolute atomic E-state index is 10.9. The summed E-state index contributed by atoms with van der Waals surface area (Å²) in [4.78, 5) is 16.5. The molecule has 0 radical (unpaired) electrons. The van der Waals surface area contributed by atoms with Gasteiger partial charge in [0.05, 0.1) is 7.11 Å². The smallest absolute Gasteiger partial charge is 0.305 e. The van der Waals surface area contributed by atoms with Crippen LogP contribution in [0.25, 0.3) is 0 Å². The van der Waals surface area contributed by atoms with Crippen molar-refractivity contribution in [2.45, 2.75) is 32.1 Å². The minimum atomic E-state index is -0.131. The van der Waals surface area contributed by atoms with Gasteiger partial charge in [0.15, 0.2) is 5.96 Å². The summed E-state index contributed by atoms with van der Waals surface area (Å²) in [5.41, 5.74) is 0. The van der Waals surface area contributed by atoms with Crippen LogP contribution in [0, 0.1) is 0 Å². The van der Waals surface area contributed by atoms with E-state index in [2.05, 4.69) is 37.9 Å². The number of hydrogen-bond donors (Lipinski definition) is 2. The van der Waals surface area contributed by atoms with Gasteiger partial charge in [-0.2, -0.15) is 0 Å². The van der Waals surface area contributed by atoms with Crippen LogP contribution in [0.3, 0.4) is 0 Å². The third kappa shape index (κ3) is 8.34. The number of guanidine groups is 1. The molecule has 0 spiro atoms. The average molecular weight is 311 g/mol. The van der Waals surface area contributed by atoms with Gasteiger partial charge in [0.2, 0.25) is 0 Å². The molecule has 0 saturated heterocycles. The molecule has 0 fully saturated rings. The first-order valence-electron chi connectivity index (χ1n) is 7.30. The molecule has 0 aliphatic heterocycles. The third-order valence-corrected chi connectivity index (χ3v) is 3.98. The molecule has 2 N–H and O–H groups in total. The van der Waals surface area contributed by atoms with Gasteiger partial charge >= 0.3 is 5.97 Å². The first-order valence-corrected chi connectivity index (χ1v) is 8.18. The van der Waals surface area contributed by atoms with Gasteiger partial charge < -0.3 is 15.4 Å². The molecule has 1 aromatic heterocycles. The Balaban J connectivity index is 2.02. The van der Waals surface area contributed by atoms with Crippen LogP contribution >= 0.6 is 11.3 Å². The van der Waals surface area contributed by atoms with Crippen LogP contribution in [-0.4, -0.2) is 39.2 Å². The van der Waals surface area contributed by atoms with Crippen molar-refractivity contribution < 1.29 is 9.53 Å². The summed E-state index contributed by atoms with van der Waals surface area (Å²) in [7, 11) is 3.20. The fourth-order valence-corrected chi connectivity index (χ4v) is 2.57. The Kier molecular flexibility index (Phi) is 9.28. The van der Waals surface area contributed by atoms with Gasteiger partial charge in [-0.3, -0.25) is 9.79 Å². The average Bonchev–Trinajstić information content (AvgIpc) is 3.01. The number of ether oxygens (including phenoxy) is 1. The number of thiophene rings is 1. The number of methoxy groups -OCH3 is 1. The molecular formula is C15H25N3O2S. The van der Waals surface area contributed by atoms with Crippen LogP contribution in [0.4, 0.5) is 0 Å². The second kappa shape index (κ2) is 11.1. The molecule has 5 nitrogen and oxygen atoms in total. The molecule has 0 amide bonds. The van der Waals surface area contributed by atoms with Gasteiger partial charge in [-0.05, 0) is 30.7 Å². The van der Waals surface area contributed by atoms with Crippen LogP contribution in [0.5, 0.6) is 0 Å². The van der Waals surface area contributed by atoms with Crippen molar-refractivity contribution in [2.24, 2.45) is 4.99 Å². The van der Waals surface area contributed by atoms with Crippen LogP contribution in [0.15, 0.2) is 22.5 Å². The van der Waals surface area contributed by atoms with Gasteiger partial charge in [0.25, 0.3) is 0 Å². The molecule has 0 unspecified atom stereocenters. The second-order valence-corrected chi connectivity index (χ2v) is 5.67. The number of esters is 1. The molecule has 0 bridgehead atoms. The zero-order chi connectivity index (χ0) is 15.3. The van der Waals surface area contributed by atoms with E-state index in [-0.39, 0.29) is 5.97 Å². The lowest BCUT2D eigenvalue weighted by molar-refractivity contribution is -0.140. The maximum Gasteiger partial charge on any atom is 0.305 e. The van der Waals surface area contributed by atoms with E-state index < -0.39 is 0 Å². The van der Waals surface area contributed by atoms with Crippen molar-refractivity contribution in [3.8, 4) is 0 Å². The van der Waals surface area contributed by atoms with E-state index in [0.717, 1.165) is 44.7 Å². The second-order valence-electron chi connectivity index (χ2n) is 4.64. The predicted octanol–water partition coefficient (Wildman–Crippen LogP) is 2.19. The fraction of sp³-hybridized carbons (Fsp3) is 0.600. The number of aliphatic imine (C=N–C) groups is 1. The monoisotopic (exact) mass is 311 g/mol. The standard InChI is InChI=1S/C15H25N3O2S/c1-16-15(18-11-9-13-7-6-12-21-13)17-10-5-3-4-8-14(19)20-2/h6-7,12H,3-5,8-11H2,1-2H3,(H2,16,17,18). The third-order valence-electron chi connectivity index (χ3n) is 3.05. The van der Waals surface area contributed by atoms with Crippen molar-refractivity contribution >= 4 is 23.3 Å². The number of hydrogen-bond acceptors (Lipinski definition) is 4. The van der Waals surface area contributed by atoms with E-state index in [1.165, 1.54) is 12.0 Å². The highest BCUT2D eigenvalue weighted by Gasteiger charge is 2.00. The molecular weight excluding hydrogens is 286 g/mol. The zero-order valence-electron chi connectivity index (χ0n) is 12.9. The number of unbranched alkanes of at least 4 members (excludes halogenated alkanes) is 2. The highest BCUT2D eigenvalue weighted by molar-refractivity contribution is 7.09. The van der Waals surface area contributed by atoms with Gasteiger partial charge in [-0.15, -0.1) is 11.3 Å². The van der Waals surface area contributed by atoms with E-state index in [0.29, 0.717) is 6.42 Å². The molecule has 1 aromatic rings. The number of nitrogens with one attached hydrogen (secondary N) is 2. The Morgan fingerprint density at radius 3 is 2.76 bits per heavy atom. The maximum atomic E-state index is 10.9. The molecule has 0 aromatic carbocycles. The molecule has 118 valence electrons. The Labute approximate surface area is 130 Å². The number of nitrogens with zero attached hydrogens (tertiary/aromatic N) is 1. The lowest BCUT2D eigenvalue weighted by Crippen LogP contribution is -2.38. The van der Waals surface area contributed by atoms with Gasteiger partial charge in [-0.25, -0.2) is 0 Å². The van der Waals surface area contributed by atoms with Crippen molar-refractivity contribution in [3.05, 3.63) is 22.4 Å². The SMILES string of the molecule is CN=C(NCCCCCC(=O)OC)NCCc1cccs1. The summed E-state index contributed by atoms with van der Waals surface area (Å²) in [5, 5.41) is 8.67. The number of carbonyl (C=O) groups excluding carboxylic acids is 1. The summed E-state index contributed by atoms with van der Waals surface area (Å²) in [6.45, 7) is 1.74. The van der Waals surface area contributed by atoms with Crippen LogP contribution in [0.1, 0.15) is 30.6 Å². The Bertz CT molecular complexity index is 419. The van der Waals surface area contributed by atoms with Crippen LogP contribution < -0.4 is 10.6 Å². The summed E-state index contributed by atoms with van der Waals surface area (Å²) >= 11 is 1.78. The van der Waals surface area contributed by atoms with Gasteiger partial charge in [0, 0.05) is 31.4 Å². The fourth-order valence-electron chi connectivity index (χ4n) is 1.86. The normalized spacial score (nSPS) is 11.2. The molecule has 1 rings (SSSR count). The summed E-state index contributed by atoms with van der Waals surface area (Å²) in [5.74, 6) is 0.702. The topological polar surface area (TPSA) is 62.7 Å². The molecule has 0 atom stereocenters. The number of rotatable bonds is 9. The van der Waals surface area contributed by atoms with E-state index in [4.69, 9.17) is 0 Å². The van der Waals surface area contributed by atoms with Crippen molar-refractivity contribution in [2.75, 3.05) is 27.2 Å². The van der Waals surface area contributed by atoms with E-state index in [1.807, 2.05) is 0 Å². The summed E-state index contributed by atoms with van der Waals surface area (Å²) in [6.07, 6.45) is 4.41. The number of carbonyl (C=O) groups is 1. The van der Waals surface area contributed by atoms with Gasteiger partial charge in [0.1, 0.15) is 0 Å². The molecule has 0 saturated carbocycles. The largest absolute Gasteiger partial charge is 0.469 e. The summed E-state index contributed by atoms with van der Waals surface area (Å²) < 4.78 is 4.60. The first kappa shape index (κ1) is 17.5. The van der Waals surface area contributed by atoms with Crippen molar-refractivity contribution in [1.82, 2.24) is 10.6 Å². The molecule has 6 heteroatoms. The zero-order valence-corrected chi connectivity index (χ0v) is 13.7. The van der Waals surface area contributed by atoms with Crippen molar-refractivity contribution in [1.29, 1.82) is 0 Å². The Morgan fingerprint density at radius 1 is 1.29 bits per heavy atom. The molecule has 1 heterocycles. The summed E-state index contributed by atoms with van der Waals surface area (Å²) in [6, 6.07) is 4.21. The highest BCUT2D eigenvalue weighted by Crippen LogP contribution is 2.07. The lowest BCUT2D eigenvalue weighted by atomic mass is 10.2. The Morgan fingerprint density at radius 2 is 2.10 bits per heavy atom. The lowest BCUT2D eigenvalue weighted by Gasteiger charge is -2.11.